The molecule has 1 atom stereocenters. The minimum absolute atomic E-state index is 0.170. The molecule has 17 heavy (non-hydrogen) atoms. The van der Waals surface area contributed by atoms with Gasteiger partial charge in [-0.1, -0.05) is 25.1 Å². The summed E-state index contributed by atoms with van der Waals surface area (Å²) in [6.07, 6.45) is -0.170. The molecule has 0 saturated carbocycles. The van der Waals surface area contributed by atoms with Gasteiger partial charge < -0.3 is 5.32 Å². The third kappa shape index (κ3) is 3.12. The normalized spacial score (nSPS) is 14.4. The van der Waals surface area contributed by atoms with Crippen molar-refractivity contribution in [2.75, 3.05) is 5.32 Å². The number of sulfone groups is 1. The van der Waals surface area contributed by atoms with Crippen LogP contribution < -0.4 is 5.32 Å². The van der Waals surface area contributed by atoms with Gasteiger partial charge >= 0.3 is 5.51 Å². The highest BCUT2D eigenvalue weighted by Crippen LogP contribution is 2.29. The van der Waals surface area contributed by atoms with E-state index in [1.165, 1.54) is 19.1 Å². The third-order valence-corrected chi connectivity index (χ3v) is 4.01. The molecule has 0 amide bonds. The van der Waals surface area contributed by atoms with Crippen LogP contribution in [0.15, 0.2) is 30.3 Å². The molecule has 1 aromatic carbocycles. The number of alkyl halides is 3. The van der Waals surface area contributed by atoms with E-state index >= 15 is 0 Å². The van der Waals surface area contributed by atoms with E-state index in [0.29, 0.717) is 5.69 Å². The highest BCUT2D eigenvalue weighted by Gasteiger charge is 2.50. The molecule has 1 rings (SSSR count). The maximum absolute atomic E-state index is 12.3. The molecular formula is C10H12F3NO2S. The monoisotopic (exact) mass is 267 g/mol. The molecule has 0 heterocycles. The highest BCUT2D eigenvalue weighted by atomic mass is 32.2. The van der Waals surface area contributed by atoms with E-state index in [2.05, 4.69) is 5.32 Å². The van der Waals surface area contributed by atoms with Gasteiger partial charge in [0.2, 0.25) is 0 Å². The Bertz CT molecular complexity index is 456. The SMILES string of the molecule is CCC(Nc1ccccc1)S(=O)(=O)C(F)(F)F. The fourth-order valence-corrected chi connectivity index (χ4v) is 2.33. The Morgan fingerprint density at radius 3 is 2.18 bits per heavy atom. The molecule has 96 valence electrons. The first kappa shape index (κ1) is 13.8. The maximum atomic E-state index is 12.3. The van der Waals surface area contributed by atoms with Crippen molar-refractivity contribution in [1.82, 2.24) is 0 Å². The van der Waals surface area contributed by atoms with Gasteiger partial charge in [0.1, 0.15) is 5.37 Å². The van der Waals surface area contributed by atoms with Crippen molar-refractivity contribution in [1.29, 1.82) is 0 Å². The van der Waals surface area contributed by atoms with Crippen LogP contribution in [-0.4, -0.2) is 19.3 Å². The summed E-state index contributed by atoms with van der Waals surface area (Å²) in [6, 6.07) is 7.91. The highest BCUT2D eigenvalue weighted by molar-refractivity contribution is 7.93. The van der Waals surface area contributed by atoms with E-state index < -0.39 is 20.7 Å². The van der Waals surface area contributed by atoms with E-state index in [1.807, 2.05) is 0 Å². The molecule has 0 radical (unpaired) electrons. The molecule has 0 saturated heterocycles. The Labute approximate surface area is 97.6 Å². The second kappa shape index (κ2) is 4.95. The third-order valence-electron chi connectivity index (χ3n) is 2.17. The largest absolute Gasteiger partial charge is 0.499 e. The topological polar surface area (TPSA) is 46.2 Å². The molecule has 1 N–H and O–H groups in total. The van der Waals surface area contributed by atoms with Gasteiger partial charge in [-0.15, -0.1) is 0 Å². The first-order chi connectivity index (χ1) is 7.79. The summed E-state index contributed by atoms with van der Waals surface area (Å²) >= 11 is 0. The summed E-state index contributed by atoms with van der Waals surface area (Å²) in [5, 5.41) is 0.705. The Balaban J connectivity index is 2.95. The zero-order valence-corrected chi connectivity index (χ0v) is 9.85. The fraction of sp³-hybridized carbons (Fsp3) is 0.400. The number of anilines is 1. The summed E-state index contributed by atoms with van der Waals surface area (Å²) in [5.41, 5.74) is -4.90. The number of rotatable bonds is 4. The van der Waals surface area contributed by atoms with Crippen LogP contribution in [0, 0.1) is 0 Å². The van der Waals surface area contributed by atoms with E-state index in [9.17, 15) is 21.6 Å². The molecule has 0 aliphatic carbocycles. The predicted molar refractivity (Wildman–Crippen MR) is 59.1 cm³/mol. The summed E-state index contributed by atoms with van der Waals surface area (Å²) in [7, 11) is -5.20. The predicted octanol–water partition coefficient (Wildman–Crippen LogP) is 2.77. The molecule has 0 bridgehead atoms. The lowest BCUT2D eigenvalue weighted by Gasteiger charge is -2.20. The number of benzene rings is 1. The standard InChI is InChI=1S/C10H12F3NO2S/c1-2-9(17(15,16)10(11,12)13)14-8-6-4-3-5-7-8/h3-7,9,14H,2H2,1H3. The smallest absolute Gasteiger partial charge is 0.369 e. The van der Waals surface area contributed by atoms with Crippen molar-refractivity contribution in [3.63, 3.8) is 0 Å². The Hall–Kier alpha value is -1.24. The van der Waals surface area contributed by atoms with E-state index in [-0.39, 0.29) is 6.42 Å². The number of hydrogen-bond acceptors (Lipinski definition) is 3. The lowest BCUT2D eigenvalue weighted by atomic mass is 10.3. The van der Waals surface area contributed by atoms with Gasteiger partial charge in [0.15, 0.2) is 0 Å². The lowest BCUT2D eigenvalue weighted by molar-refractivity contribution is -0.0443. The molecule has 0 aromatic heterocycles. The molecule has 0 aliphatic heterocycles. The van der Waals surface area contributed by atoms with Crippen LogP contribution in [-0.2, 0) is 9.84 Å². The van der Waals surface area contributed by atoms with Gasteiger partial charge in [0.05, 0.1) is 0 Å². The van der Waals surface area contributed by atoms with Crippen molar-refractivity contribution >= 4 is 15.5 Å². The van der Waals surface area contributed by atoms with Crippen molar-refractivity contribution < 1.29 is 21.6 Å². The summed E-state index contributed by atoms with van der Waals surface area (Å²) in [4.78, 5) is 0. The Kier molecular flexibility index (Phi) is 4.03. The average molecular weight is 267 g/mol. The summed E-state index contributed by atoms with van der Waals surface area (Å²) < 4.78 is 59.4. The molecule has 3 nitrogen and oxygen atoms in total. The minimum atomic E-state index is -5.24. The van der Waals surface area contributed by atoms with E-state index in [0.717, 1.165) is 0 Å². The van der Waals surface area contributed by atoms with Crippen LogP contribution in [0.3, 0.4) is 0 Å². The number of halogens is 3. The van der Waals surface area contributed by atoms with Crippen LogP contribution >= 0.6 is 0 Å². The van der Waals surface area contributed by atoms with Crippen molar-refractivity contribution in [2.45, 2.75) is 24.2 Å². The molecular weight excluding hydrogens is 255 g/mol. The van der Waals surface area contributed by atoms with Crippen LogP contribution in [0.25, 0.3) is 0 Å². The molecule has 0 fully saturated rings. The lowest BCUT2D eigenvalue weighted by Crippen LogP contribution is -2.38. The van der Waals surface area contributed by atoms with Gasteiger partial charge in [-0.25, -0.2) is 8.42 Å². The zero-order chi connectivity index (χ0) is 13.1. The average Bonchev–Trinajstić information content (AvgIpc) is 2.25. The van der Waals surface area contributed by atoms with Crippen molar-refractivity contribution in [3.8, 4) is 0 Å². The second-order valence-corrected chi connectivity index (χ2v) is 5.52. The molecule has 7 heteroatoms. The minimum Gasteiger partial charge on any atom is -0.369 e. The fourth-order valence-electron chi connectivity index (χ4n) is 1.28. The van der Waals surface area contributed by atoms with E-state index in [4.69, 9.17) is 0 Å². The molecule has 1 aromatic rings. The van der Waals surface area contributed by atoms with Crippen molar-refractivity contribution in [3.05, 3.63) is 30.3 Å². The van der Waals surface area contributed by atoms with Gasteiger partial charge in [-0.05, 0) is 18.6 Å². The van der Waals surface area contributed by atoms with Gasteiger partial charge in [-0.3, -0.25) is 0 Å². The van der Waals surface area contributed by atoms with Gasteiger partial charge in [-0.2, -0.15) is 13.2 Å². The molecule has 0 aliphatic rings. The number of para-hydroxylation sites is 1. The summed E-state index contributed by atoms with van der Waals surface area (Å²) in [6.45, 7) is 1.38. The second-order valence-electron chi connectivity index (χ2n) is 3.40. The Morgan fingerprint density at radius 2 is 1.76 bits per heavy atom. The number of hydrogen-bond donors (Lipinski definition) is 1. The maximum Gasteiger partial charge on any atom is 0.499 e. The number of nitrogens with one attached hydrogen (secondary N) is 1. The first-order valence-corrected chi connectivity index (χ1v) is 6.45. The van der Waals surface area contributed by atoms with Crippen LogP contribution in [0.4, 0.5) is 18.9 Å². The molecule has 1 unspecified atom stereocenters. The van der Waals surface area contributed by atoms with E-state index in [1.54, 1.807) is 18.2 Å². The molecule has 0 spiro atoms. The van der Waals surface area contributed by atoms with Crippen LogP contribution in [0.2, 0.25) is 0 Å². The quantitative estimate of drug-likeness (QED) is 0.912. The van der Waals surface area contributed by atoms with Crippen molar-refractivity contribution in [2.24, 2.45) is 0 Å². The van der Waals surface area contributed by atoms with Crippen LogP contribution in [0.1, 0.15) is 13.3 Å². The van der Waals surface area contributed by atoms with Crippen LogP contribution in [0.5, 0.6) is 0 Å². The summed E-state index contributed by atoms with van der Waals surface area (Å²) in [5.74, 6) is 0. The van der Waals surface area contributed by atoms with Gasteiger partial charge in [0, 0.05) is 5.69 Å². The Morgan fingerprint density at radius 1 is 1.24 bits per heavy atom. The zero-order valence-electron chi connectivity index (χ0n) is 9.03. The van der Waals surface area contributed by atoms with Gasteiger partial charge in [0.25, 0.3) is 9.84 Å². The first-order valence-electron chi connectivity index (χ1n) is 4.90.